The van der Waals surface area contributed by atoms with Crippen molar-refractivity contribution in [2.24, 2.45) is 33.5 Å². The highest BCUT2D eigenvalue weighted by Crippen LogP contribution is 2.67. The van der Waals surface area contributed by atoms with E-state index < -0.39 is 9.28 Å². The zero-order valence-corrected chi connectivity index (χ0v) is 19.0. The van der Waals surface area contributed by atoms with Crippen LogP contribution in [0.3, 0.4) is 0 Å². The summed E-state index contributed by atoms with van der Waals surface area (Å²) in [5.74, 6) is 1.62. The van der Waals surface area contributed by atoms with Crippen molar-refractivity contribution in [1.29, 1.82) is 0 Å². The number of fused-ring (bicyclic) bond motifs is 4. The Kier molecular flexibility index (Phi) is 4.51. The van der Waals surface area contributed by atoms with Gasteiger partial charge in [-0.25, -0.2) is 0 Å². The molecule has 0 aromatic rings. The molecule has 3 nitrogen and oxygen atoms in total. The fourth-order valence-electron chi connectivity index (χ4n) is 7.15. The summed E-state index contributed by atoms with van der Waals surface area (Å²) in [7, 11) is 0.386. The molecule has 6 unspecified atom stereocenters. The Bertz CT molecular complexity index is 516. The lowest BCUT2D eigenvalue weighted by atomic mass is 9.70. The summed E-state index contributed by atoms with van der Waals surface area (Å²) in [6.45, 7) is 14.7. The molecule has 4 aliphatic rings. The summed E-state index contributed by atoms with van der Waals surface area (Å²) in [6.07, 6.45) is 9.09. The Morgan fingerprint density at radius 2 is 1.19 bits per heavy atom. The van der Waals surface area contributed by atoms with Gasteiger partial charge < -0.3 is 13.6 Å². The molecular weight excluding hydrogens is 340 g/mol. The Balaban J connectivity index is 1.47. The van der Waals surface area contributed by atoms with E-state index in [9.17, 15) is 0 Å². The number of methoxy groups -OCH3 is 1. The SMILES string of the molecule is COC[Si](OC1CC2CCC1(C)C2(C)C)OC1CC2CCC1(C)C2(C)C. The van der Waals surface area contributed by atoms with Crippen molar-refractivity contribution in [3.8, 4) is 0 Å². The molecule has 4 bridgehead atoms. The van der Waals surface area contributed by atoms with Crippen LogP contribution in [-0.2, 0) is 13.6 Å². The predicted octanol–water partition coefficient (Wildman–Crippen LogP) is 5.12. The van der Waals surface area contributed by atoms with Gasteiger partial charge in [0.05, 0.1) is 18.4 Å². The second-order valence-electron chi connectivity index (χ2n) is 11.2. The summed E-state index contributed by atoms with van der Waals surface area (Å²) in [6, 6.07) is 0. The molecule has 4 rings (SSSR count). The number of hydrogen-bond acceptors (Lipinski definition) is 3. The molecule has 0 amide bonds. The number of ether oxygens (including phenoxy) is 1. The normalized spacial score (nSPS) is 48.0. The maximum atomic E-state index is 6.76. The van der Waals surface area contributed by atoms with E-state index in [1.165, 1.54) is 38.5 Å². The maximum absolute atomic E-state index is 6.76. The lowest BCUT2D eigenvalue weighted by Crippen LogP contribution is -2.47. The van der Waals surface area contributed by atoms with Crippen molar-refractivity contribution < 1.29 is 13.6 Å². The van der Waals surface area contributed by atoms with Gasteiger partial charge in [-0.1, -0.05) is 41.5 Å². The minimum Gasteiger partial charge on any atom is -0.388 e. The largest absolute Gasteiger partial charge is 0.413 e. The molecule has 0 aromatic carbocycles. The summed E-state index contributed by atoms with van der Waals surface area (Å²) < 4.78 is 19.1. The molecule has 6 atom stereocenters. The summed E-state index contributed by atoms with van der Waals surface area (Å²) in [5.41, 5.74) is 1.36. The first-order valence-corrected chi connectivity index (χ1v) is 12.3. The van der Waals surface area contributed by atoms with Crippen LogP contribution < -0.4 is 0 Å². The van der Waals surface area contributed by atoms with E-state index in [0.29, 0.717) is 40.1 Å². The van der Waals surface area contributed by atoms with Crippen LogP contribution in [0.15, 0.2) is 0 Å². The van der Waals surface area contributed by atoms with Crippen molar-refractivity contribution in [2.75, 3.05) is 13.3 Å². The fourth-order valence-corrected chi connectivity index (χ4v) is 8.92. The van der Waals surface area contributed by atoms with E-state index in [4.69, 9.17) is 13.6 Å². The van der Waals surface area contributed by atoms with Gasteiger partial charge >= 0.3 is 9.28 Å². The van der Waals surface area contributed by atoms with Gasteiger partial charge in [-0.3, -0.25) is 0 Å². The number of rotatable bonds is 6. The van der Waals surface area contributed by atoms with Gasteiger partial charge in [0.2, 0.25) is 0 Å². The van der Waals surface area contributed by atoms with Gasteiger partial charge in [0, 0.05) is 7.11 Å². The summed E-state index contributed by atoms with van der Waals surface area (Å²) >= 11 is 0. The molecule has 0 spiro atoms. The van der Waals surface area contributed by atoms with E-state index in [0.717, 1.165) is 11.8 Å². The molecule has 4 heteroatoms. The third-order valence-corrected chi connectivity index (χ3v) is 11.9. The molecule has 26 heavy (non-hydrogen) atoms. The molecule has 149 valence electrons. The monoisotopic (exact) mass is 379 g/mol. The first kappa shape index (κ1) is 19.4. The zero-order valence-electron chi connectivity index (χ0n) is 18.0. The van der Waals surface area contributed by atoms with Crippen molar-refractivity contribution >= 4 is 9.28 Å². The van der Waals surface area contributed by atoms with E-state index in [1.54, 1.807) is 7.11 Å². The molecule has 4 fully saturated rings. The third kappa shape index (κ3) is 2.41. The first-order chi connectivity index (χ1) is 12.1. The second kappa shape index (κ2) is 6.05. The van der Waals surface area contributed by atoms with Gasteiger partial charge in [0.25, 0.3) is 0 Å². The van der Waals surface area contributed by atoms with E-state index in [1.807, 2.05) is 0 Å². The quantitative estimate of drug-likeness (QED) is 0.599. The lowest BCUT2D eigenvalue weighted by molar-refractivity contribution is -0.0315. The molecule has 0 heterocycles. The van der Waals surface area contributed by atoms with Crippen LogP contribution in [0.1, 0.15) is 80.1 Å². The van der Waals surface area contributed by atoms with Crippen LogP contribution in [0.4, 0.5) is 0 Å². The third-order valence-electron chi connectivity index (χ3n) is 10.2. The molecule has 0 saturated heterocycles. The van der Waals surface area contributed by atoms with Gasteiger partial charge in [0.1, 0.15) is 0 Å². The van der Waals surface area contributed by atoms with Crippen molar-refractivity contribution in [2.45, 2.75) is 92.3 Å². The van der Waals surface area contributed by atoms with Crippen molar-refractivity contribution in [3.05, 3.63) is 0 Å². The summed E-state index contributed by atoms with van der Waals surface area (Å²) in [4.78, 5) is 0. The van der Waals surface area contributed by atoms with Gasteiger partial charge in [-0.2, -0.15) is 0 Å². The Labute approximate surface area is 162 Å². The molecular formula is C22H39O3Si. The molecule has 0 aliphatic heterocycles. The number of hydrogen-bond donors (Lipinski definition) is 0. The van der Waals surface area contributed by atoms with E-state index in [2.05, 4.69) is 41.5 Å². The van der Waals surface area contributed by atoms with Crippen LogP contribution in [0.5, 0.6) is 0 Å². The Morgan fingerprint density at radius 1 is 0.769 bits per heavy atom. The average Bonchev–Trinajstić information content (AvgIpc) is 3.07. The highest BCUT2D eigenvalue weighted by atomic mass is 28.3. The highest BCUT2D eigenvalue weighted by Gasteiger charge is 2.64. The Morgan fingerprint density at radius 3 is 1.46 bits per heavy atom. The Hall–Kier alpha value is 0.0969. The predicted molar refractivity (Wildman–Crippen MR) is 106 cm³/mol. The zero-order chi connectivity index (χ0) is 19.0. The second-order valence-corrected chi connectivity index (χ2v) is 12.7. The molecule has 4 aliphatic carbocycles. The molecule has 0 aromatic heterocycles. The maximum Gasteiger partial charge on any atom is 0.413 e. The minimum absolute atomic E-state index is 0.294. The highest BCUT2D eigenvalue weighted by molar-refractivity contribution is 6.44. The smallest absolute Gasteiger partial charge is 0.388 e. The minimum atomic E-state index is -1.40. The van der Waals surface area contributed by atoms with Gasteiger partial charge in [-0.05, 0) is 72.0 Å². The van der Waals surface area contributed by atoms with Crippen LogP contribution >= 0.6 is 0 Å². The van der Waals surface area contributed by atoms with E-state index >= 15 is 0 Å². The van der Waals surface area contributed by atoms with E-state index in [-0.39, 0.29) is 0 Å². The van der Waals surface area contributed by atoms with Crippen LogP contribution in [-0.4, -0.2) is 34.8 Å². The molecule has 0 N–H and O–H groups in total. The standard InChI is InChI=1S/C22H39O3Si/c1-19(2)15-8-10-21(19,5)17(12-15)24-26(14-23-7)25-18-13-16-9-11-22(18,6)20(16,3)4/h15-18H,8-14H2,1-7H3. The van der Waals surface area contributed by atoms with Crippen molar-refractivity contribution in [3.63, 3.8) is 0 Å². The van der Waals surface area contributed by atoms with Gasteiger partial charge in [-0.15, -0.1) is 0 Å². The fraction of sp³-hybridized carbons (Fsp3) is 1.00. The van der Waals surface area contributed by atoms with Gasteiger partial charge in [0.15, 0.2) is 0 Å². The van der Waals surface area contributed by atoms with Crippen LogP contribution in [0.25, 0.3) is 0 Å². The van der Waals surface area contributed by atoms with Crippen molar-refractivity contribution in [1.82, 2.24) is 0 Å². The average molecular weight is 380 g/mol. The van der Waals surface area contributed by atoms with Crippen LogP contribution in [0.2, 0.25) is 0 Å². The van der Waals surface area contributed by atoms with Crippen LogP contribution in [0, 0.1) is 33.5 Å². The first-order valence-electron chi connectivity index (χ1n) is 10.7. The molecule has 1 radical (unpaired) electrons. The summed E-state index contributed by atoms with van der Waals surface area (Å²) in [5, 5.41) is 0. The lowest BCUT2D eigenvalue weighted by Gasteiger charge is -2.42. The molecule has 4 saturated carbocycles. The topological polar surface area (TPSA) is 27.7 Å².